The average Bonchev–Trinajstić information content (AvgIpc) is 2.31. The van der Waals surface area contributed by atoms with E-state index < -0.39 is 17.7 Å². The number of anilines is 1. The molecule has 0 saturated heterocycles. The van der Waals surface area contributed by atoms with Crippen molar-refractivity contribution in [3.63, 3.8) is 0 Å². The lowest BCUT2D eigenvalue weighted by Crippen LogP contribution is -2.24. The first kappa shape index (κ1) is 13.4. The van der Waals surface area contributed by atoms with Crippen molar-refractivity contribution < 1.29 is 18.6 Å². The van der Waals surface area contributed by atoms with Gasteiger partial charge in [-0.05, 0) is 12.1 Å². The van der Waals surface area contributed by atoms with Gasteiger partial charge >= 0.3 is 0 Å². The van der Waals surface area contributed by atoms with Crippen molar-refractivity contribution in [2.45, 2.75) is 6.10 Å². The van der Waals surface area contributed by atoms with E-state index in [1.54, 1.807) is 0 Å². The molecule has 0 aliphatic rings. The highest BCUT2D eigenvalue weighted by molar-refractivity contribution is 5.49. The largest absolute Gasteiger partial charge is 0.389 e. The summed E-state index contributed by atoms with van der Waals surface area (Å²) in [5, 5.41) is 20.3. The minimum Gasteiger partial charge on any atom is -0.389 e. The van der Waals surface area contributed by atoms with E-state index in [-0.39, 0.29) is 24.4 Å². The molecule has 0 saturated carbocycles. The van der Waals surface area contributed by atoms with Crippen LogP contribution in [0.1, 0.15) is 5.56 Å². The minimum atomic E-state index is -1.20. The number of hydrogen-bond donors (Lipinski definition) is 2. The van der Waals surface area contributed by atoms with Crippen LogP contribution in [0.4, 0.5) is 14.5 Å². The Morgan fingerprint density at radius 1 is 1.47 bits per heavy atom. The molecular weight excluding hydrogens is 230 g/mol. The van der Waals surface area contributed by atoms with Crippen molar-refractivity contribution in [3.05, 3.63) is 29.3 Å². The summed E-state index contributed by atoms with van der Waals surface area (Å²) in [4.78, 5) is 0. The number of hydrogen-bond acceptors (Lipinski definition) is 4. The quantitative estimate of drug-likeness (QED) is 0.815. The van der Waals surface area contributed by atoms with Crippen molar-refractivity contribution >= 4 is 5.69 Å². The SMILES string of the molecule is COCC(O)CNc1ccc(C#N)c(F)c1F. The van der Waals surface area contributed by atoms with Gasteiger partial charge in [-0.2, -0.15) is 5.26 Å². The van der Waals surface area contributed by atoms with Crippen LogP contribution < -0.4 is 5.32 Å². The fourth-order valence-corrected chi connectivity index (χ4v) is 1.25. The summed E-state index contributed by atoms with van der Waals surface area (Å²) in [6.45, 7) is 0.115. The molecule has 6 heteroatoms. The lowest BCUT2D eigenvalue weighted by atomic mass is 10.2. The summed E-state index contributed by atoms with van der Waals surface area (Å²) in [6.07, 6.45) is -0.821. The van der Waals surface area contributed by atoms with Gasteiger partial charge in [0.05, 0.1) is 24.0 Å². The molecule has 0 fully saturated rings. The van der Waals surface area contributed by atoms with Crippen LogP contribution in [-0.2, 0) is 4.74 Å². The van der Waals surface area contributed by atoms with E-state index in [1.807, 2.05) is 0 Å². The van der Waals surface area contributed by atoms with E-state index in [9.17, 15) is 13.9 Å². The summed E-state index contributed by atoms with van der Waals surface area (Å²) in [7, 11) is 1.42. The summed E-state index contributed by atoms with van der Waals surface area (Å²) < 4.78 is 31.3. The Hall–Kier alpha value is -1.71. The maximum Gasteiger partial charge on any atom is 0.183 e. The average molecular weight is 242 g/mol. The molecule has 4 nitrogen and oxygen atoms in total. The Morgan fingerprint density at radius 3 is 2.76 bits per heavy atom. The number of halogens is 2. The Bertz CT molecular complexity index is 432. The van der Waals surface area contributed by atoms with Gasteiger partial charge in [0.1, 0.15) is 6.07 Å². The number of benzene rings is 1. The highest BCUT2D eigenvalue weighted by Gasteiger charge is 2.13. The van der Waals surface area contributed by atoms with Crippen LogP contribution in [0.3, 0.4) is 0 Å². The number of nitrogens with zero attached hydrogens (tertiary/aromatic N) is 1. The number of nitrogens with one attached hydrogen (secondary N) is 1. The van der Waals surface area contributed by atoms with Gasteiger partial charge in [0.15, 0.2) is 11.6 Å². The zero-order chi connectivity index (χ0) is 12.8. The molecule has 1 rings (SSSR count). The standard InChI is InChI=1S/C11H12F2N2O2/c1-17-6-8(16)5-15-9-3-2-7(4-14)10(12)11(9)13/h2-3,8,15-16H,5-6H2,1H3. The van der Waals surface area contributed by atoms with Gasteiger partial charge in [-0.15, -0.1) is 0 Å². The first-order chi connectivity index (χ1) is 8.10. The van der Waals surface area contributed by atoms with Crippen molar-refractivity contribution in [2.75, 3.05) is 25.6 Å². The van der Waals surface area contributed by atoms with Crippen LogP contribution in [0.15, 0.2) is 12.1 Å². The maximum absolute atomic E-state index is 13.4. The van der Waals surface area contributed by atoms with Gasteiger partial charge in [-0.1, -0.05) is 0 Å². The van der Waals surface area contributed by atoms with E-state index in [4.69, 9.17) is 5.26 Å². The second-order valence-corrected chi connectivity index (χ2v) is 3.39. The highest BCUT2D eigenvalue weighted by atomic mass is 19.2. The molecule has 17 heavy (non-hydrogen) atoms. The van der Waals surface area contributed by atoms with E-state index >= 15 is 0 Å². The van der Waals surface area contributed by atoms with Gasteiger partial charge in [0.25, 0.3) is 0 Å². The maximum atomic E-state index is 13.4. The third-order valence-electron chi connectivity index (χ3n) is 2.09. The Morgan fingerprint density at radius 2 is 2.18 bits per heavy atom. The van der Waals surface area contributed by atoms with Crippen LogP contribution in [0.5, 0.6) is 0 Å². The van der Waals surface area contributed by atoms with E-state index in [0.717, 1.165) is 0 Å². The fourth-order valence-electron chi connectivity index (χ4n) is 1.25. The second kappa shape index (κ2) is 6.13. The van der Waals surface area contributed by atoms with Crippen molar-refractivity contribution in [3.8, 4) is 6.07 Å². The number of ether oxygens (including phenoxy) is 1. The lowest BCUT2D eigenvalue weighted by molar-refractivity contribution is 0.0727. The number of rotatable bonds is 5. The Labute approximate surface area is 97.4 Å². The van der Waals surface area contributed by atoms with Gasteiger partial charge in [-0.25, -0.2) is 8.78 Å². The number of methoxy groups -OCH3 is 1. The third-order valence-corrected chi connectivity index (χ3v) is 2.09. The van der Waals surface area contributed by atoms with Gasteiger partial charge in [-0.3, -0.25) is 0 Å². The predicted molar refractivity (Wildman–Crippen MR) is 57.4 cm³/mol. The third kappa shape index (κ3) is 3.37. The van der Waals surface area contributed by atoms with Crippen molar-refractivity contribution in [2.24, 2.45) is 0 Å². The Balaban J connectivity index is 2.73. The molecule has 1 unspecified atom stereocenters. The molecule has 0 aliphatic carbocycles. The normalized spacial score (nSPS) is 11.9. The monoisotopic (exact) mass is 242 g/mol. The summed E-state index contributed by atoms with van der Waals surface area (Å²) >= 11 is 0. The number of aliphatic hydroxyl groups is 1. The fraction of sp³-hybridized carbons (Fsp3) is 0.364. The van der Waals surface area contributed by atoms with E-state index in [2.05, 4.69) is 10.1 Å². The summed E-state index contributed by atoms with van der Waals surface area (Å²) in [5.41, 5.74) is -0.456. The van der Waals surface area contributed by atoms with Gasteiger partial charge in [0, 0.05) is 13.7 Å². The molecule has 0 spiro atoms. The van der Waals surface area contributed by atoms with Crippen LogP contribution in [0, 0.1) is 23.0 Å². The van der Waals surface area contributed by atoms with Crippen molar-refractivity contribution in [1.82, 2.24) is 0 Å². The molecule has 92 valence electrons. The zero-order valence-corrected chi connectivity index (χ0v) is 9.20. The molecule has 0 aliphatic heterocycles. The zero-order valence-electron chi connectivity index (χ0n) is 9.20. The first-order valence-electron chi connectivity index (χ1n) is 4.89. The van der Waals surface area contributed by atoms with Crippen LogP contribution in [0.25, 0.3) is 0 Å². The number of aliphatic hydroxyl groups excluding tert-OH is 1. The topological polar surface area (TPSA) is 65.3 Å². The molecule has 1 aromatic carbocycles. The van der Waals surface area contributed by atoms with Gasteiger partial charge < -0.3 is 15.2 Å². The molecule has 1 atom stereocenters. The molecule has 0 bridgehead atoms. The van der Waals surface area contributed by atoms with Crippen molar-refractivity contribution in [1.29, 1.82) is 5.26 Å². The van der Waals surface area contributed by atoms with Gasteiger partial charge in [0.2, 0.25) is 0 Å². The van der Waals surface area contributed by atoms with Crippen LogP contribution in [0.2, 0.25) is 0 Å². The van der Waals surface area contributed by atoms with Crippen LogP contribution >= 0.6 is 0 Å². The van der Waals surface area contributed by atoms with E-state index in [1.165, 1.54) is 25.3 Å². The van der Waals surface area contributed by atoms with Crippen LogP contribution in [-0.4, -0.2) is 31.5 Å². The highest BCUT2D eigenvalue weighted by Crippen LogP contribution is 2.19. The molecule has 0 radical (unpaired) electrons. The smallest absolute Gasteiger partial charge is 0.183 e. The molecule has 1 aromatic rings. The molecular formula is C11H12F2N2O2. The molecule has 2 N–H and O–H groups in total. The first-order valence-corrected chi connectivity index (χ1v) is 4.89. The molecule has 0 heterocycles. The lowest BCUT2D eigenvalue weighted by Gasteiger charge is -2.12. The minimum absolute atomic E-state index is 0.0239. The number of nitriles is 1. The van der Waals surface area contributed by atoms with E-state index in [0.29, 0.717) is 0 Å². The summed E-state index contributed by atoms with van der Waals surface area (Å²) in [5.74, 6) is -2.33. The molecule has 0 aromatic heterocycles. The summed E-state index contributed by atoms with van der Waals surface area (Å²) in [6, 6.07) is 3.95. The second-order valence-electron chi connectivity index (χ2n) is 3.39. The molecule has 0 amide bonds. The predicted octanol–water partition coefficient (Wildman–Crippen LogP) is 1.26. The Kier molecular flexibility index (Phi) is 4.82.